The quantitative estimate of drug-likeness (QED) is 0.814. The molecule has 1 aromatic heterocycles. The number of hydrogen-bond donors (Lipinski definition) is 2. The van der Waals surface area contributed by atoms with Gasteiger partial charge in [-0.15, -0.1) is 0 Å². The first kappa shape index (κ1) is 15.9. The highest BCUT2D eigenvalue weighted by Gasteiger charge is 2.35. The minimum Gasteiger partial charge on any atom is -0.481 e. The van der Waals surface area contributed by atoms with Gasteiger partial charge in [-0.1, -0.05) is 13.8 Å². The number of carboxylic acids is 1. The number of carbonyl (C=O) groups excluding carboxylic acids is 1. The number of nitrogens with zero attached hydrogens (tertiary/aromatic N) is 1. The van der Waals surface area contributed by atoms with E-state index in [-0.39, 0.29) is 17.7 Å². The van der Waals surface area contributed by atoms with Crippen molar-refractivity contribution in [3.05, 3.63) is 34.2 Å². The van der Waals surface area contributed by atoms with Gasteiger partial charge in [0.15, 0.2) is 0 Å². The average Bonchev–Trinajstić information content (AvgIpc) is 2.43. The van der Waals surface area contributed by atoms with E-state index in [1.807, 2.05) is 0 Å². The van der Waals surface area contributed by atoms with E-state index in [2.05, 4.69) is 5.32 Å². The van der Waals surface area contributed by atoms with E-state index in [1.165, 1.54) is 22.9 Å². The molecule has 0 saturated heterocycles. The van der Waals surface area contributed by atoms with Gasteiger partial charge >= 0.3 is 5.97 Å². The molecule has 0 saturated carbocycles. The van der Waals surface area contributed by atoms with Gasteiger partial charge in [0.2, 0.25) is 0 Å². The Balaban J connectivity index is 2.83. The fourth-order valence-electron chi connectivity index (χ4n) is 1.92. The molecule has 0 unspecified atom stereocenters. The predicted octanol–water partition coefficient (Wildman–Crippen LogP) is 1.01. The van der Waals surface area contributed by atoms with Crippen molar-refractivity contribution >= 4 is 11.9 Å². The molecule has 6 heteroatoms. The zero-order chi connectivity index (χ0) is 15.3. The van der Waals surface area contributed by atoms with Gasteiger partial charge < -0.3 is 15.0 Å². The molecule has 1 amide bonds. The maximum absolute atomic E-state index is 12.0. The van der Waals surface area contributed by atoms with Crippen LogP contribution in [0.25, 0.3) is 0 Å². The van der Waals surface area contributed by atoms with Gasteiger partial charge in [-0.05, 0) is 18.9 Å². The second-order valence-corrected chi connectivity index (χ2v) is 4.84. The minimum atomic E-state index is -0.963. The Morgan fingerprint density at radius 1 is 1.35 bits per heavy atom. The summed E-state index contributed by atoms with van der Waals surface area (Å²) in [6.07, 6.45) is 2.35. The maximum Gasteiger partial charge on any atom is 0.311 e. The van der Waals surface area contributed by atoms with E-state index in [0.717, 1.165) is 0 Å². The lowest BCUT2D eigenvalue weighted by Crippen LogP contribution is -2.42. The van der Waals surface area contributed by atoms with Gasteiger partial charge in [-0.3, -0.25) is 14.4 Å². The number of carbonyl (C=O) groups is 2. The van der Waals surface area contributed by atoms with E-state index >= 15 is 0 Å². The first-order chi connectivity index (χ1) is 9.36. The van der Waals surface area contributed by atoms with Crippen LogP contribution in [0.4, 0.5) is 0 Å². The van der Waals surface area contributed by atoms with Crippen molar-refractivity contribution < 1.29 is 14.7 Å². The van der Waals surface area contributed by atoms with E-state index in [0.29, 0.717) is 12.8 Å². The Bertz CT molecular complexity index is 559. The molecule has 0 bridgehead atoms. The van der Waals surface area contributed by atoms with Crippen LogP contribution in [-0.2, 0) is 11.8 Å². The van der Waals surface area contributed by atoms with Crippen molar-refractivity contribution in [2.45, 2.75) is 26.7 Å². The molecule has 0 spiro atoms. The Labute approximate surface area is 117 Å². The van der Waals surface area contributed by atoms with Crippen LogP contribution in [0, 0.1) is 5.41 Å². The third-order valence-corrected chi connectivity index (χ3v) is 3.76. The summed E-state index contributed by atoms with van der Waals surface area (Å²) < 4.78 is 1.36. The van der Waals surface area contributed by atoms with Crippen LogP contribution < -0.4 is 10.9 Å². The number of aliphatic carboxylic acids is 1. The molecule has 1 aromatic rings. The summed E-state index contributed by atoms with van der Waals surface area (Å²) in [4.78, 5) is 34.7. The molecule has 20 heavy (non-hydrogen) atoms. The van der Waals surface area contributed by atoms with Gasteiger partial charge in [0.1, 0.15) is 0 Å². The molecule has 6 nitrogen and oxygen atoms in total. The van der Waals surface area contributed by atoms with Crippen molar-refractivity contribution in [2.75, 3.05) is 6.54 Å². The van der Waals surface area contributed by atoms with E-state index < -0.39 is 17.3 Å². The topological polar surface area (TPSA) is 88.4 Å². The zero-order valence-corrected chi connectivity index (χ0v) is 12.0. The van der Waals surface area contributed by atoms with Gasteiger partial charge in [0, 0.05) is 31.4 Å². The molecule has 110 valence electrons. The second kappa shape index (κ2) is 6.36. The van der Waals surface area contributed by atoms with Crippen LogP contribution >= 0.6 is 0 Å². The van der Waals surface area contributed by atoms with Crippen molar-refractivity contribution in [1.82, 2.24) is 9.88 Å². The van der Waals surface area contributed by atoms with Crippen molar-refractivity contribution in [1.29, 1.82) is 0 Å². The lowest BCUT2D eigenvalue weighted by Gasteiger charge is -2.26. The maximum atomic E-state index is 12.0. The van der Waals surface area contributed by atoms with Crippen LogP contribution in [-0.4, -0.2) is 28.1 Å². The molecule has 1 heterocycles. The highest BCUT2D eigenvalue weighted by atomic mass is 16.4. The summed E-state index contributed by atoms with van der Waals surface area (Å²) in [6.45, 7) is 3.60. The Morgan fingerprint density at radius 3 is 2.40 bits per heavy atom. The number of aromatic nitrogens is 1. The van der Waals surface area contributed by atoms with Crippen LogP contribution in [0.1, 0.15) is 37.0 Å². The van der Waals surface area contributed by atoms with Crippen LogP contribution in [0.15, 0.2) is 23.1 Å². The number of amides is 1. The van der Waals surface area contributed by atoms with Gasteiger partial charge in [-0.2, -0.15) is 0 Å². The van der Waals surface area contributed by atoms with Crippen LogP contribution in [0.3, 0.4) is 0 Å². The standard InChI is InChI=1S/C14H20N2O4/c1-4-14(5-2,13(19)20)9-15-12(18)10-6-7-16(3)11(17)8-10/h6-8H,4-5,9H2,1-3H3,(H,15,18)(H,19,20). The number of aryl methyl sites for hydroxylation is 1. The molecule has 0 radical (unpaired) electrons. The lowest BCUT2D eigenvalue weighted by atomic mass is 9.82. The number of carboxylic acid groups (broad SMARTS) is 1. The largest absolute Gasteiger partial charge is 0.481 e. The summed E-state index contributed by atoms with van der Waals surface area (Å²) in [5, 5.41) is 11.9. The average molecular weight is 280 g/mol. The Morgan fingerprint density at radius 2 is 1.95 bits per heavy atom. The normalized spacial score (nSPS) is 11.2. The van der Waals surface area contributed by atoms with Gasteiger partial charge in [-0.25, -0.2) is 0 Å². The molecule has 0 aliphatic carbocycles. The highest BCUT2D eigenvalue weighted by Crippen LogP contribution is 2.25. The minimum absolute atomic E-state index is 0.0450. The molecule has 0 aromatic carbocycles. The lowest BCUT2D eigenvalue weighted by molar-refractivity contribution is -0.149. The van der Waals surface area contributed by atoms with Crippen LogP contribution in [0.2, 0.25) is 0 Å². The number of pyridine rings is 1. The van der Waals surface area contributed by atoms with E-state index in [9.17, 15) is 19.5 Å². The van der Waals surface area contributed by atoms with Gasteiger partial charge in [0.25, 0.3) is 11.5 Å². The number of hydrogen-bond acceptors (Lipinski definition) is 3. The fourth-order valence-corrected chi connectivity index (χ4v) is 1.92. The summed E-state index contributed by atoms with van der Waals surface area (Å²) in [6, 6.07) is 2.76. The third kappa shape index (κ3) is 3.26. The molecular formula is C14H20N2O4. The highest BCUT2D eigenvalue weighted by molar-refractivity contribution is 5.94. The number of nitrogens with one attached hydrogen (secondary N) is 1. The van der Waals surface area contributed by atoms with E-state index in [4.69, 9.17) is 0 Å². The molecule has 0 aliphatic heterocycles. The summed E-state index contributed by atoms with van der Waals surface area (Å²) in [5.74, 6) is -1.36. The fraction of sp³-hybridized carbons (Fsp3) is 0.500. The third-order valence-electron chi connectivity index (χ3n) is 3.76. The molecule has 1 rings (SSSR count). The van der Waals surface area contributed by atoms with Crippen LogP contribution in [0.5, 0.6) is 0 Å². The molecular weight excluding hydrogens is 260 g/mol. The van der Waals surface area contributed by atoms with E-state index in [1.54, 1.807) is 20.9 Å². The first-order valence-corrected chi connectivity index (χ1v) is 6.54. The Hall–Kier alpha value is -2.11. The van der Waals surface area contributed by atoms with Crippen molar-refractivity contribution in [3.8, 4) is 0 Å². The molecule has 2 N–H and O–H groups in total. The van der Waals surface area contributed by atoms with Gasteiger partial charge in [0.05, 0.1) is 5.41 Å². The first-order valence-electron chi connectivity index (χ1n) is 6.54. The predicted molar refractivity (Wildman–Crippen MR) is 74.7 cm³/mol. The smallest absolute Gasteiger partial charge is 0.311 e. The monoisotopic (exact) mass is 280 g/mol. The van der Waals surface area contributed by atoms with Crippen molar-refractivity contribution in [3.63, 3.8) is 0 Å². The van der Waals surface area contributed by atoms with Crippen molar-refractivity contribution in [2.24, 2.45) is 12.5 Å². The summed E-state index contributed by atoms with van der Waals surface area (Å²) >= 11 is 0. The Kier molecular flexibility index (Phi) is 5.07. The second-order valence-electron chi connectivity index (χ2n) is 4.84. The number of rotatable bonds is 6. The molecule has 0 aliphatic rings. The zero-order valence-electron chi connectivity index (χ0n) is 12.0. The SMILES string of the molecule is CCC(CC)(CNC(=O)c1ccn(C)c(=O)c1)C(=O)O. The summed E-state index contributed by atoms with van der Waals surface area (Å²) in [7, 11) is 1.59. The molecule has 0 fully saturated rings. The summed E-state index contributed by atoms with van der Waals surface area (Å²) in [5.41, 5.74) is -1.01. The molecule has 0 atom stereocenters.